The highest BCUT2D eigenvalue weighted by Gasteiger charge is 2.02. The van der Waals surface area contributed by atoms with Gasteiger partial charge in [-0.25, -0.2) is 0 Å². The maximum absolute atomic E-state index is 9.20. The van der Waals surface area contributed by atoms with Gasteiger partial charge in [-0.2, -0.15) is 0 Å². The Labute approximate surface area is 70.1 Å². The van der Waals surface area contributed by atoms with Crippen LogP contribution in [0.1, 0.15) is 11.1 Å². The van der Waals surface area contributed by atoms with Crippen molar-refractivity contribution in [2.75, 3.05) is 0 Å². The summed E-state index contributed by atoms with van der Waals surface area (Å²) in [5.41, 5.74) is 1.27. The van der Waals surface area contributed by atoms with Crippen molar-refractivity contribution in [3.63, 3.8) is 0 Å². The number of hydrogen-bond acceptors (Lipinski definition) is 2. The summed E-state index contributed by atoms with van der Waals surface area (Å²) >= 11 is 5.74. The number of rotatable bonds is 1. The van der Waals surface area contributed by atoms with E-state index in [0.717, 1.165) is 5.56 Å². The molecule has 1 rings (SSSR count). The SMILES string of the molecule is Cc1cc(O)c(CO)cc1Cl. The van der Waals surface area contributed by atoms with Crippen LogP contribution in [0.15, 0.2) is 12.1 Å². The molecule has 3 heteroatoms. The lowest BCUT2D eigenvalue weighted by Crippen LogP contribution is -1.85. The lowest BCUT2D eigenvalue weighted by Gasteiger charge is -2.03. The van der Waals surface area contributed by atoms with E-state index in [1.807, 2.05) is 0 Å². The molecule has 2 nitrogen and oxygen atoms in total. The van der Waals surface area contributed by atoms with Gasteiger partial charge in [0.2, 0.25) is 0 Å². The molecule has 0 aliphatic carbocycles. The highest BCUT2D eigenvalue weighted by Crippen LogP contribution is 2.25. The van der Waals surface area contributed by atoms with Crippen molar-refractivity contribution in [2.45, 2.75) is 13.5 Å². The summed E-state index contributed by atoms with van der Waals surface area (Å²) in [5, 5.41) is 18.5. The van der Waals surface area contributed by atoms with E-state index in [1.165, 1.54) is 6.07 Å². The van der Waals surface area contributed by atoms with Crippen LogP contribution in [0.3, 0.4) is 0 Å². The first-order valence-electron chi connectivity index (χ1n) is 3.24. The number of aliphatic hydroxyl groups excluding tert-OH is 1. The summed E-state index contributed by atoms with van der Waals surface area (Å²) in [5.74, 6) is 0.0920. The predicted octanol–water partition coefficient (Wildman–Crippen LogP) is 1.85. The van der Waals surface area contributed by atoms with Gasteiger partial charge < -0.3 is 10.2 Å². The van der Waals surface area contributed by atoms with E-state index in [-0.39, 0.29) is 12.4 Å². The molecule has 0 aromatic heterocycles. The summed E-state index contributed by atoms with van der Waals surface area (Å²) < 4.78 is 0. The van der Waals surface area contributed by atoms with E-state index < -0.39 is 0 Å². The molecule has 0 amide bonds. The number of aliphatic hydroxyl groups is 1. The molecule has 0 fully saturated rings. The van der Waals surface area contributed by atoms with E-state index in [9.17, 15) is 5.11 Å². The average Bonchev–Trinajstić information content (AvgIpc) is 1.97. The number of aromatic hydroxyl groups is 1. The van der Waals surface area contributed by atoms with Crippen LogP contribution in [0.2, 0.25) is 5.02 Å². The first-order valence-corrected chi connectivity index (χ1v) is 3.62. The molecule has 0 spiro atoms. The van der Waals surface area contributed by atoms with Crippen molar-refractivity contribution >= 4 is 11.6 Å². The third kappa shape index (κ3) is 1.64. The molecule has 2 N–H and O–H groups in total. The van der Waals surface area contributed by atoms with Gasteiger partial charge in [-0.15, -0.1) is 0 Å². The Hall–Kier alpha value is -0.730. The van der Waals surface area contributed by atoms with Crippen molar-refractivity contribution in [1.82, 2.24) is 0 Å². The van der Waals surface area contributed by atoms with Gasteiger partial charge in [0.25, 0.3) is 0 Å². The highest BCUT2D eigenvalue weighted by atomic mass is 35.5. The quantitative estimate of drug-likeness (QED) is 0.679. The number of halogens is 1. The topological polar surface area (TPSA) is 40.5 Å². The summed E-state index contributed by atoms with van der Waals surface area (Å²) in [6.45, 7) is 1.61. The Kier molecular flexibility index (Phi) is 2.37. The van der Waals surface area contributed by atoms with E-state index >= 15 is 0 Å². The maximum atomic E-state index is 9.20. The van der Waals surface area contributed by atoms with Crippen molar-refractivity contribution in [3.8, 4) is 5.75 Å². The van der Waals surface area contributed by atoms with Crippen molar-refractivity contribution in [1.29, 1.82) is 0 Å². The lowest BCUT2D eigenvalue weighted by molar-refractivity contribution is 0.275. The summed E-state index contributed by atoms with van der Waals surface area (Å²) in [6, 6.07) is 3.10. The van der Waals surface area contributed by atoms with Crippen LogP contribution in [0.4, 0.5) is 0 Å². The second-order valence-corrected chi connectivity index (χ2v) is 2.80. The van der Waals surface area contributed by atoms with Gasteiger partial charge in [0.05, 0.1) is 6.61 Å². The molecule has 0 saturated carbocycles. The minimum Gasteiger partial charge on any atom is -0.508 e. The molecule has 11 heavy (non-hydrogen) atoms. The molecule has 60 valence electrons. The van der Waals surface area contributed by atoms with E-state index in [0.29, 0.717) is 10.6 Å². The Balaban J connectivity index is 3.21. The minimum atomic E-state index is -0.189. The van der Waals surface area contributed by atoms with Gasteiger partial charge in [-0.3, -0.25) is 0 Å². The molecular weight excluding hydrogens is 164 g/mol. The Morgan fingerprint density at radius 1 is 1.45 bits per heavy atom. The van der Waals surface area contributed by atoms with Crippen LogP contribution < -0.4 is 0 Å². The van der Waals surface area contributed by atoms with Gasteiger partial charge in [0, 0.05) is 10.6 Å². The minimum absolute atomic E-state index is 0.0920. The number of aryl methyl sites for hydroxylation is 1. The van der Waals surface area contributed by atoms with E-state index in [2.05, 4.69) is 0 Å². The number of phenols is 1. The fourth-order valence-corrected chi connectivity index (χ4v) is 1.02. The maximum Gasteiger partial charge on any atom is 0.121 e. The second kappa shape index (κ2) is 3.11. The van der Waals surface area contributed by atoms with Crippen LogP contribution in [0.5, 0.6) is 5.75 Å². The fourth-order valence-electron chi connectivity index (χ4n) is 0.834. The van der Waals surface area contributed by atoms with Gasteiger partial charge in [0.1, 0.15) is 5.75 Å². The molecular formula is C8H9ClO2. The number of hydrogen-bond donors (Lipinski definition) is 2. The molecule has 0 heterocycles. The summed E-state index contributed by atoms with van der Waals surface area (Å²) in [7, 11) is 0. The molecule has 0 aliphatic heterocycles. The molecule has 0 radical (unpaired) electrons. The molecule has 0 aliphatic rings. The van der Waals surface area contributed by atoms with Gasteiger partial charge in [-0.05, 0) is 24.6 Å². The van der Waals surface area contributed by atoms with Crippen LogP contribution in [0.25, 0.3) is 0 Å². The Morgan fingerprint density at radius 2 is 2.09 bits per heavy atom. The zero-order valence-corrected chi connectivity index (χ0v) is 6.89. The smallest absolute Gasteiger partial charge is 0.121 e. The summed E-state index contributed by atoms with van der Waals surface area (Å²) in [6.07, 6.45) is 0. The fraction of sp³-hybridized carbons (Fsp3) is 0.250. The lowest BCUT2D eigenvalue weighted by atomic mass is 10.1. The molecule has 0 bridgehead atoms. The molecule has 0 unspecified atom stereocenters. The zero-order chi connectivity index (χ0) is 8.43. The monoisotopic (exact) mass is 172 g/mol. The third-order valence-electron chi connectivity index (χ3n) is 1.53. The second-order valence-electron chi connectivity index (χ2n) is 2.39. The zero-order valence-electron chi connectivity index (χ0n) is 6.13. The molecule has 0 atom stereocenters. The predicted molar refractivity (Wildman–Crippen MR) is 43.8 cm³/mol. The van der Waals surface area contributed by atoms with Crippen LogP contribution in [0, 0.1) is 6.92 Å². The van der Waals surface area contributed by atoms with Gasteiger partial charge in [-0.1, -0.05) is 11.6 Å². The summed E-state index contributed by atoms with van der Waals surface area (Å²) in [4.78, 5) is 0. The average molecular weight is 173 g/mol. The van der Waals surface area contributed by atoms with Gasteiger partial charge in [0.15, 0.2) is 0 Å². The van der Waals surface area contributed by atoms with Crippen molar-refractivity contribution in [2.24, 2.45) is 0 Å². The first-order chi connectivity index (χ1) is 5.15. The first kappa shape index (κ1) is 8.37. The van der Waals surface area contributed by atoms with E-state index in [1.54, 1.807) is 13.0 Å². The Morgan fingerprint density at radius 3 is 2.64 bits per heavy atom. The van der Waals surface area contributed by atoms with E-state index in [4.69, 9.17) is 16.7 Å². The standard InChI is InChI=1S/C8H9ClO2/c1-5-2-8(11)6(4-10)3-7(5)9/h2-3,10-11H,4H2,1H3. The van der Waals surface area contributed by atoms with Gasteiger partial charge >= 0.3 is 0 Å². The van der Waals surface area contributed by atoms with Crippen LogP contribution in [-0.2, 0) is 6.61 Å². The third-order valence-corrected chi connectivity index (χ3v) is 1.94. The van der Waals surface area contributed by atoms with Crippen LogP contribution in [-0.4, -0.2) is 10.2 Å². The Bertz CT molecular complexity index is 271. The molecule has 0 saturated heterocycles. The molecule has 1 aromatic carbocycles. The normalized spacial score (nSPS) is 10.1. The highest BCUT2D eigenvalue weighted by molar-refractivity contribution is 6.31. The van der Waals surface area contributed by atoms with Crippen LogP contribution >= 0.6 is 11.6 Å². The molecule has 1 aromatic rings. The van der Waals surface area contributed by atoms with Crippen molar-refractivity contribution < 1.29 is 10.2 Å². The van der Waals surface area contributed by atoms with Crippen molar-refractivity contribution in [3.05, 3.63) is 28.3 Å². The number of benzene rings is 1. The largest absolute Gasteiger partial charge is 0.508 e.